The molecular weight excluding hydrogens is 368 g/mol. The van der Waals surface area contributed by atoms with Gasteiger partial charge in [0, 0.05) is 42.7 Å². The number of pyridine rings is 1. The Morgan fingerprint density at radius 1 is 1.28 bits per heavy atom. The minimum Gasteiger partial charge on any atom is -0.468 e. The van der Waals surface area contributed by atoms with Gasteiger partial charge in [-0.15, -0.1) is 0 Å². The van der Waals surface area contributed by atoms with Crippen molar-refractivity contribution in [2.75, 3.05) is 6.61 Å². The second-order valence-corrected chi connectivity index (χ2v) is 8.23. The molecule has 0 aliphatic heterocycles. The van der Waals surface area contributed by atoms with Crippen molar-refractivity contribution >= 4 is 16.9 Å². The lowest BCUT2D eigenvalue weighted by Gasteiger charge is -2.23. The van der Waals surface area contributed by atoms with Gasteiger partial charge in [0.05, 0.1) is 17.9 Å². The third kappa shape index (κ3) is 3.26. The van der Waals surface area contributed by atoms with Crippen molar-refractivity contribution < 1.29 is 9.53 Å². The summed E-state index contributed by atoms with van der Waals surface area (Å²) in [5.41, 5.74) is 5.36. The Bertz CT molecular complexity index is 1090. The molecule has 2 aliphatic carbocycles. The van der Waals surface area contributed by atoms with Crippen molar-refractivity contribution in [2.24, 2.45) is 14.1 Å². The number of hydrogen-bond acceptors (Lipinski definition) is 5. The molecule has 0 saturated heterocycles. The maximum absolute atomic E-state index is 12.5. The van der Waals surface area contributed by atoms with Gasteiger partial charge in [-0.05, 0) is 44.6 Å². The highest BCUT2D eigenvalue weighted by molar-refractivity contribution is 5.84. The van der Waals surface area contributed by atoms with Crippen LogP contribution in [0.5, 0.6) is 5.88 Å². The highest BCUT2D eigenvalue weighted by Crippen LogP contribution is 2.43. The predicted octanol–water partition coefficient (Wildman–Crippen LogP) is 2.46. The Kier molecular flexibility index (Phi) is 4.29. The Labute approximate surface area is 169 Å². The molecule has 1 fully saturated rings. The standard InChI is InChI=1S/C21H26N6O2/c1-12-9-18(24-21-19(12)20(13-7-8-13)25-27(21)3)29-11-17(28)23-15-5-4-6-16-14(15)10-22-26(16)2/h9-10,13,15H,4-8,11H2,1-3H3,(H,23,28). The molecule has 152 valence electrons. The van der Waals surface area contributed by atoms with Crippen LogP contribution >= 0.6 is 0 Å². The number of carbonyl (C=O) groups is 1. The van der Waals surface area contributed by atoms with Crippen LogP contribution in [0.25, 0.3) is 11.0 Å². The molecule has 0 aromatic carbocycles. The smallest absolute Gasteiger partial charge is 0.258 e. The molecular formula is C21H26N6O2. The van der Waals surface area contributed by atoms with Gasteiger partial charge in [-0.1, -0.05) is 0 Å². The van der Waals surface area contributed by atoms with Crippen LogP contribution in [0.15, 0.2) is 12.3 Å². The lowest BCUT2D eigenvalue weighted by molar-refractivity contribution is -0.124. The summed E-state index contributed by atoms with van der Waals surface area (Å²) in [6.45, 7) is 1.99. The van der Waals surface area contributed by atoms with E-state index < -0.39 is 0 Å². The van der Waals surface area contributed by atoms with Crippen LogP contribution in [0, 0.1) is 6.92 Å². The van der Waals surface area contributed by atoms with E-state index in [-0.39, 0.29) is 18.6 Å². The van der Waals surface area contributed by atoms with Gasteiger partial charge < -0.3 is 10.1 Å². The van der Waals surface area contributed by atoms with Gasteiger partial charge in [-0.25, -0.2) is 0 Å². The number of hydrogen-bond donors (Lipinski definition) is 1. The highest BCUT2D eigenvalue weighted by Gasteiger charge is 2.30. The maximum Gasteiger partial charge on any atom is 0.258 e. The highest BCUT2D eigenvalue weighted by atomic mass is 16.5. The number of rotatable bonds is 5. The van der Waals surface area contributed by atoms with Gasteiger partial charge in [0.1, 0.15) is 0 Å². The van der Waals surface area contributed by atoms with Crippen molar-refractivity contribution in [2.45, 2.75) is 51.0 Å². The molecule has 1 N–H and O–H groups in total. The van der Waals surface area contributed by atoms with E-state index >= 15 is 0 Å². The monoisotopic (exact) mass is 394 g/mol. The molecule has 1 unspecified atom stereocenters. The Morgan fingerprint density at radius 2 is 2.10 bits per heavy atom. The van der Waals surface area contributed by atoms with E-state index in [1.807, 2.05) is 35.7 Å². The average molecular weight is 394 g/mol. The van der Waals surface area contributed by atoms with Gasteiger partial charge in [0.25, 0.3) is 5.91 Å². The van der Waals surface area contributed by atoms with E-state index in [2.05, 4.69) is 27.4 Å². The molecule has 3 aromatic rings. The van der Waals surface area contributed by atoms with Gasteiger partial charge >= 0.3 is 0 Å². The van der Waals surface area contributed by atoms with Gasteiger partial charge in [0.2, 0.25) is 5.88 Å². The third-order valence-corrected chi connectivity index (χ3v) is 6.02. The zero-order valence-electron chi connectivity index (χ0n) is 17.1. The molecule has 1 atom stereocenters. The van der Waals surface area contributed by atoms with Crippen LogP contribution in [-0.2, 0) is 25.3 Å². The van der Waals surface area contributed by atoms with Crippen molar-refractivity contribution in [3.05, 3.63) is 34.8 Å². The molecule has 0 spiro atoms. The average Bonchev–Trinajstić information content (AvgIpc) is 3.40. The van der Waals surface area contributed by atoms with Crippen LogP contribution in [0.3, 0.4) is 0 Å². The minimum atomic E-state index is -0.144. The lowest BCUT2D eigenvalue weighted by atomic mass is 9.93. The summed E-state index contributed by atoms with van der Waals surface area (Å²) in [7, 11) is 3.86. The topological polar surface area (TPSA) is 86.9 Å². The summed E-state index contributed by atoms with van der Waals surface area (Å²) in [4.78, 5) is 17.1. The fraction of sp³-hybridized carbons (Fsp3) is 0.524. The lowest BCUT2D eigenvalue weighted by Crippen LogP contribution is -2.34. The molecule has 0 radical (unpaired) electrons. The Balaban J connectivity index is 1.28. The molecule has 3 heterocycles. The van der Waals surface area contributed by atoms with Crippen LogP contribution < -0.4 is 10.1 Å². The zero-order chi connectivity index (χ0) is 20.1. The maximum atomic E-state index is 12.5. The number of ether oxygens (including phenoxy) is 1. The van der Waals surface area contributed by atoms with Gasteiger partial charge in [-0.2, -0.15) is 15.2 Å². The summed E-state index contributed by atoms with van der Waals surface area (Å²) in [5, 5.41) is 13.2. The van der Waals surface area contributed by atoms with E-state index in [1.165, 1.54) is 18.5 Å². The van der Waals surface area contributed by atoms with Gasteiger partial charge in [0.15, 0.2) is 12.3 Å². The molecule has 29 heavy (non-hydrogen) atoms. The number of aromatic nitrogens is 5. The first-order chi connectivity index (χ1) is 14.0. The normalized spacial score (nSPS) is 18.7. The summed E-state index contributed by atoms with van der Waals surface area (Å²) in [6, 6.07) is 1.90. The SMILES string of the molecule is Cc1cc(OCC(=O)NC2CCCc3c2cnn3C)nc2c1c(C1CC1)nn2C. The number of nitrogens with one attached hydrogen (secondary N) is 1. The zero-order valence-corrected chi connectivity index (χ0v) is 17.1. The number of fused-ring (bicyclic) bond motifs is 2. The van der Waals surface area contributed by atoms with Crippen molar-refractivity contribution in [3.63, 3.8) is 0 Å². The molecule has 0 bridgehead atoms. The van der Waals surface area contributed by atoms with Crippen molar-refractivity contribution in [1.29, 1.82) is 0 Å². The van der Waals surface area contributed by atoms with Crippen LogP contribution in [0.2, 0.25) is 0 Å². The molecule has 5 rings (SSSR count). The molecule has 8 heteroatoms. The molecule has 1 saturated carbocycles. The number of aryl methyl sites for hydroxylation is 3. The fourth-order valence-corrected chi connectivity index (χ4v) is 4.38. The Hall–Kier alpha value is -2.90. The molecule has 1 amide bonds. The van der Waals surface area contributed by atoms with Crippen molar-refractivity contribution in [1.82, 2.24) is 29.9 Å². The molecule has 3 aromatic heterocycles. The molecule has 2 aliphatic rings. The quantitative estimate of drug-likeness (QED) is 0.718. The van der Waals surface area contributed by atoms with Crippen LogP contribution in [0.1, 0.15) is 60.2 Å². The second kappa shape index (κ2) is 6.86. The first kappa shape index (κ1) is 18.1. The summed E-state index contributed by atoms with van der Waals surface area (Å²) < 4.78 is 9.46. The summed E-state index contributed by atoms with van der Waals surface area (Å²) >= 11 is 0. The van der Waals surface area contributed by atoms with E-state index in [9.17, 15) is 4.79 Å². The molecule has 8 nitrogen and oxygen atoms in total. The minimum absolute atomic E-state index is 0.00102. The summed E-state index contributed by atoms with van der Waals surface area (Å²) in [6.07, 6.45) is 7.23. The van der Waals surface area contributed by atoms with Crippen molar-refractivity contribution in [3.8, 4) is 5.88 Å². The van der Waals surface area contributed by atoms with E-state index in [0.29, 0.717) is 11.8 Å². The second-order valence-electron chi connectivity index (χ2n) is 8.23. The largest absolute Gasteiger partial charge is 0.468 e. The summed E-state index contributed by atoms with van der Waals surface area (Å²) in [5.74, 6) is 0.876. The number of carbonyl (C=O) groups excluding carboxylic acids is 1. The number of nitrogens with zero attached hydrogens (tertiary/aromatic N) is 5. The van der Waals surface area contributed by atoms with Crippen LogP contribution in [-0.4, -0.2) is 37.1 Å². The Morgan fingerprint density at radius 3 is 2.90 bits per heavy atom. The van der Waals surface area contributed by atoms with Gasteiger partial charge in [-0.3, -0.25) is 14.2 Å². The van der Waals surface area contributed by atoms with E-state index in [4.69, 9.17) is 4.74 Å². The number of amides is 1. The first-order valence-corrected chi connectivity index (χ1v) is 10.3. The fourth-order valence-electron chi connectivity index (χ4n) is 4.38. The first-order valence-electron chi connectivity index (χ1n) is 10.3. The third-order valence-electron chi connectivity index (χ3n) is 6.02. The van der Waals surface area contributed by atoms with E-state index in [0.717, 1.165) is 47.1 Å². The van der Waals surface area contributed by atoms with Crippen LogP contribution in [0.4, 0.5) is 0 Å². The predicted molar refractivity (Wildman–Crippen MR) is 108 cm³/mol. The van der Waals surface area contributed by atoms with E-state index in [1.54, 1.807) is 0 Å².